The number of hydroxylamine groups is 2. The van der Waals surface area contributed by atoms with Gasteiger partial charge in [-0.15, -0.1) is 5.10 Å². The lowest BCUT2D eigenvalue weighted by Gasteiger charge is -2.22. The van der Waals surface area contributed by atoms with Crippen molar-refractivity contribution in [2.75, 3.05) is 6.54 Å². The second kappa shape index (κ2) is 8.58. The molecule has 0 atom stereocenters. The van der Waals surface area contributed by atoms with Crippen LogP contribution in [0.1, 0.15) is 11.1 Å². The lowest BCUT2D eigenvalue weighted by Crippen LogP contribution is -2.29. The van der Waals surface area contributed by atoms with Crippen molar-refractivity contribution >= 4 is 11.0 Å². The molecule has 0 bridgehead atoms. The summed E-state index contributed by atoms with van der Waals surface area (Å²) in [6.45, 7) is 1.83. The van der Waals surface area contributed by atoms with E-state index < -0.39 is 0 Å². The third-order valence-electron chi connectivity index (χ3n) is 4.46. The monoisotopic (exact) mass is 358 g/mol. The SMILES string of the molecule is c1ccc(CCN(Cn2nnc3ccccc32)OCc2ccccc2)cc1. The number of hydrogen-bond donors (Lipinski definition) is 0. The summed E-state index contributed by atoms with van der Waals surface area (Å²) in [6.07, 6.45) is 0.905. The molecule has 5 nitrogen and oxygen atoms in total. The van der Waals surface area contributed by atoms with Gasteiger partial charge in [-0.2, -0.15) is 5.06 Å². The maximum Gasteiger partial charge on any atom is 0.119 e. The standard InChI is InChI=1S/C22H22N4O/c1-3-9-19(10-4-1)15-16-25(27-17-20-11-5-2-6-12-20)18-26-22-14-8-7-13-21(22)23-24-26/h1-14H,15-18H2. The first kappa shape index (κ1) is 17.4. The normalized spacial score (nSPS) is 11.3. The van der Waals surface area contributed by atoms with Gasteiger partial charge in [-0.25, -0.2) is 4.68 Å². The zero-order valence-corrected chi connectivity index (χ0v) is 15.1. The maximum absolute atomic E-state index is 6.12. The largest absolute Gasteiger partial charge is 0.292 e. The van der Waals surface area contributed by atoms with Gasteiger partial charge < -0.3 is 0 Å². The first-order valence-corrected chi connectivity index (χ1v) is 9.12. The van der Waals surface area contributed by atoms with Crippen molar-refractivity contribution in [3.63, 3.8) is 0 Å². The first-order valence-electron chi connectivity index (χ1n) is 9.12. The third kappa shape index (κ3) is 4.58. The Morgan fingerprint density at radius 2 is 1.44 bits per heavy atom. The molecule has 0 unspecified atom stereocenters. The molecule has 1 aromatic heterocycles. The van der Waals surface area contributed by atoms with Crippen molar-refractivity contribution in [3.8, 4) is 0 Å². The average Bonchev–Trinajstić information content (AvgIpc) is 3.14. The first-order chi connectivity index (χ1) is 13.4. The van der Waals surface area contributed by atoms with Crippen LogP contribution in [-0.2, 0) is 24.5 Å². The minimum atomic E-state index is 0.528. The van der Waals surface area contributed by atoms with Crippen LogP contribution in [0.2, 0.25) is 0 Å². The molecule has 3 aromatic carbocycles. The van der Waals surface area contributed by atoms with Crippen LogP contribution < -0.4 is 0 Å². The molecule has 5 heteroatoms. The summed E-state index contributed by atoms with van der Waals surface area (Å²) in [6, 6.07) is 28.6. The van der Waals surface area contributed by atoms with Crippen LogP contribution in [0.4, 0.5) is 0 Å². The van der Waals surface area contributed by atoms with Crippen molar-refractivity contribution in [2.24, 2.45) is 0 Å². The number of nitrogens with zero attached hydrogens (tertiary/aromatic N) is 4. The fraction of sp³-hybridized carbons (Fsp3) is 0.182. The Bertz CT molecular complexity index is 926. The van der Waals surface area contributed by atoms with Crippen molar-refractivity contribution in [1.82, 2.24) is 20.1 Å². The zero-order chi connectivity index (χ0) is 18.3. The van der Waals surface area contributed by atoms with Crippen molar-refractivity contribution in [2.45, 2.75) is 19.7 Å². The molecule has 0 saturated heterocycles. The molecule has 0 aliphatic rings. The second-order valence-electron chi connectivity index (χ2n) is 6.42. The Labute approximate surface area is 158 Å². The van der Waals surface area contributed by atoms with E-state index in [-0.39, 0.29) is 0 Å². The zero-order valence-electron chi connectivity index (χ0n) is 15.1. The van der Waals surface area contributed by atoms with E-state index in [4.69, 9.17) is 4.84 Å². The average molecular weight is 358 g/mol. The van der Waals surface area contributed by atoms with E-state index in [9.17, 15) is 0 Å². The molecule has 0 fully saturated rings. The number of hydrogen-bond acceptors (Lipinski definition) is 4. The van der Waals surface area contributed by atoms with Gasteiger partial charge >= 0.3 is 0 Å². The van der Waals surface area contributed by atoms with Gasteiger partial charge in [0.2, 0.25) is 0 Å². The Morgan fingerprint density at radius 1 is 0.778 bits per heavy atom. The number of fused-ring (bicyclic) bond motifs is 1. The predicted molar refractivity (Wildman–Crippen MR) is 106 cm³/mol. The molecule has 0 spiro atoms. The van der Waals surface area contributed by atoms with E-state index in [2.05, 4.69) is 46.7 Å². The number of rotatable bonds is 8. The summed E-state index contributed by atoms with van der Waals surface area (Å²) in [7, 11) is 0. The second-order valence-corrected chi connectivity index (χ2v) is 6.42. The Kier molecular flexibility index (Phi) is 5.53. The molecular weight excluding hydrogens is 336 g/mol. The Hall–Kier alpha value is -3.02. The van der Waals surface area contributed by atoms with Gasteiger partial charge in [-0.05, 0) is 29.7 Å². The Balaban J connectivity index is 1.47. The minimum Gasteiger partial charge on any atom is -0.292 e. The summed E-state index contributed by atoms with van der Waals surface area (Å²) >= 11 is 0. The predicted octanol–water partition coefficient (Wildman–Crippen LogP) is 4.07. The van der Waals surface area contributed by atoms with E-state index >= 15 is 0 Å². The van der Waals surface area contributed by atoms with E-state index in [1.165, 1.54) is 5.56 Å². The highest BCUT2D eigenvalue weighted by Gasteiger charge is 2.11. The van der Waals surface area contributed by atoms with Gasteiger partial charge in [0.1, 0.15) is 12.2 Å². The van der Waals surface area contributed by atoms with E-state index in [1.807, 2.05) is 58.3 Å². The summed E-state index contributed by atoms with van der Waals surface area (Å²) in [5.41, 5.74) is 4.33. The summed E-state index contributed by atoms with van der Waals surface area (Å²) in [4.78, 5) is 6.12. The number of benzene rings is 3. The van der Waals surface area contributed by atoms with E-state index in [0.29, 0.717) is 13.3 Å². The van der Waals surface area contributed by atoms with Crippen LogP contribution in [-0.4, -0.2) is 26.6 Å². The van der Waals surface area contributed by atoms with Gasteiger partial charge in [-0.3, -0.25) is 4.84 Å². The highest BCUT2D eigenvalue weighted by atomic mass is 16.7. The number of aromatic nitrogens is 3. The molecule has 4 aromatic rings. The Morgan fingerprint density at radius 3 is 2.22 bits per heavy atom. The summed E-state index contributed by atoms with van der Waals surface area (Å²) in [5.74, 6) is 0. The van der Waals surface area contributed by atoms with Crippen molar-refractivity contribution in [3.05, 3.63) is 96.1 Å². The molecule has 0 aliphatic carbocycles. The third-order valence-corrected chi connectivity index (χ3v) is 4.46. The molecule has 1 heterocycles. The molecule has 0 amide bonds. The minimum absolute atomic E-state index is 0.528. The lowest BCUT2D eigenvalue weighted by molar-refractivity contribution is -0.190. The highest BCUT2D eigenvalue weighted by molar-refractivity contribution is 5.73. The highest BCUT2D eigenvalue weighted by Crippen LogP contribution is 2.12. The van der Waals surface area contributed by atoms with Gasteiger partial charge in [0, 0.05) is 6.54 Å². The molecule has 0 radical (unpaired) electrons. The maximum atomic E-state index is 6.12. The van der Waals surface area contributed by atoms with Crippen molar-refractivity contribution < 1.29 is 4.84 Å². The quantitative estimate of drug-likeness (QED) is 0.446. The lowest BCUT2D eigenvalue weighted by atomic mass is 10.1. The fourth-order valence-corrected chi connectivity index (χ4v) is 2.99. The van der Waals surface area contributed by atoms with Crippen LogP contribution in [0.15, 0.2) is 84.9 Å². The molecule has 27 heavy (non-hydrogen) atoms. The number of para-hydroxylation sites is 1. The van der Waals surface area contributed by atoms with Crippen LogP contribution >= 0.6 is 0 Å². The molecular formula is C22H22N4O. The van der Waals surface area contributed by atoms with Gasteiger partial charge in [0.25, 0.3) is 0 Å². The van der Waals surface area contributed by atoms with Gasteiger partial charge in [0.05, 0.1) is 12.1 Å². The molecule has 0 N–H and O–H groups in total. The van der Waals surface area contributed by atoms with Crippen LogP contribution in [0, 0.1) is 0 Å². The summed E-state index contributed by atoms with van der Waals surface area (Å²) in [5, 5.41) is 10.5. The summed E-state index contributed by atoms with van der Waals surface area (Å²) < 4.78 is 1.88. The van der Waals surface area contributed by atoms with E-state index in [0.717, 1.165) is 29.6 Å². The topological polar surface area (TPSA) is 43.2 Å². The molecule has 0 saturated carbocycles. The molecule has 0 aliphatic heterocycles. The van der Waals surface area contributed by atoms with Gasteiger partial charge in [0.15, 0.2) is 0 Å². The van der Waals surface area contributed by atoms with Crippen LogP contribution in [0.5, 0.6) is 0 Å². The van der Waals surface area contributed by atoms with Crippen molar-refractivity contribution in [1.29, 1.82) is 0 Å². The molecule has 4 rings (SSSR count). The van der Waals surface area contributed by atoms with Gasteiger partial charge in [-0.1, -0.05) is 78.0 Å². The van der Waals surface area contributed by atoms with E-state index in [1.54, 1.807) is 0 Å². The fourth-order valence-electron chi connectivity index (χ4n) is 2.99. The van der Waals surface area contributed by atoms with Crippen LogP contribution in [0.25, 0.3) is 11.0 Å². The smallest absolute Gasteiger partial charge is 0.119 e. The van der Waals surface area contributed by atoms with Crippen LogP contribution in [0.3, 0.4) is 0 Å². The molecule has 136 valence electrons.